The number of hydrogen-bond donors (Lipinski definition) is 3. The number of phenolic OH excluding ortho intramolecular Hbond substituents is 2. The summed E-state index contributed by atoms with van der Waals surface area (Å²) in [6, 6.07) is 5.41. The van der Waals surface area contributed by atoms with E-state index in [0.29, 0.717) is 0 Å². The molecule has 1 atom stereocenters. The quantitative estimate of drug-likeness (QED) is 0.716. The van der Waals surface area contributed by atoms with Gasteiger partial charge in [-0.05, 0) is 23.1 Å². The summed E-state index contributed by atoms with van der Waals surface area (Å²) in [7, 11) is 0. The summed E-state index contributed by atoms with van der Waals surface area (Å²) in [4.78, 5) is 2.45. The molecule has 1 aliphatic heterocycles. The molecule has 2 rings (SSSR count). The van der Waals surface area contributed by atoms with E-state index >= 15 is 0 Å². The Balaban J connectivity index is 2.33. The smallest absolute Gasteiger partial charge is 0.157 e. The summed E-state index contributed by atoms with van der Waals surface area (Å²) < 4.78 is 0. The van der Waals surface area contributed by atoms with E-state index in [1.54, 1.807) is 12.1 Å². The minimum atomic E-state index is -0.0586. The number of aromatic hydroxyl groups is 2. The summed E-state index contributed by atoms with van der Waals surface area (Å²) in [5.74, 6) is -0.0985. The third-order valence-electron chi connectivity index (χ3n) is 3.65. The molecule has 1 heterocycles. The maximum Gasteiger partial charge on any atom is 0.157 e. The zero-order chi connectivity index (χ0) is 14.0. The average Bonchev–Trinajstić information content (AvgIpc) is 2.34. The Bertz CT molecular complexity index is 434. The highest BCUT2D eigenvalue weighted by molar-refractivity contribution is 5.42. The molecule has 1 aliphatic rings. The molecule has 0 aliphatic carbocycles. The van der Waals surface area contributed by atoms with Gasteiger partial charge in [0.2, 0.25) is 0 Å². The second kappa shape index (κ2) is 5.39. The Morgan fingerprint density at radius 3 is 2.26 bits per heavy atom. The zero-order valence-corrected chi connectivity index (χ0v) is 12.0. The van der Waals surface area contributed by atoms with Crippen LogP contribution in [0.15, 0.2) is 18.2 Å². The Kier molecular flexibility index (Phi) is 4.02. The van der Waals surface area contributed by atoms with E-state index in [4.69, 9.17) is 0 Å². The highest BCUT2D eigenvalue weighted by Gasteiger charge is 2.32. The van der Waals surface area contributed by atoms with Crippen LogP contribution in [0.4, 0.5) is 0 Å². The molecular formula is C15H24N2O2. The Hall–Kier alpha value is -1.26. The van der Waals surface area contributed by atoms with Gasteiger partial charge in [0.1, 0.15) is 0 Å². The van der Waals surface area contributed by atoms with Crippen molar-refractivity contribution in [3.05, 3.63) is 23.8 Å². The molecule has 106 valence electrons. The highest BCUT2D eigenvalue weighted by atomic mass is 16.3. The van der Waals surface area contributed by atoms with Crippen molar-refractivity contribution >= 4 is 0 Å². The van der Waals surface area contributed by atoms with Crippen molar-refractivity contribution in [2.45, 2.75) is 26.8 Å². The molecule has 3 N–H and O–H groups in total. The topological polar surface area (TPSA) is 55.7 Å². The summed E-state index contributed by atoms with van der Waals surface area (Å²) in [6.45, 7) is 10.6. The Labute approximate surface area is 115 Å². The molecule has 1 aromatic carbocycles. The van der Waals surface area contributed by atoms with Gasteiger partial charge in [-0.15, -0.1) is 0 Å². The lowest BCUT2D eigenvalue weighted by molar-refractivity contribution is 0.0860. The highest BCUT2D eigenvalue weighted by Crippen LogP contribution is 2.40. The minimum absolute atomic E-state index is 0.0399. The number of benzene rings is 1. The van der Waals surface area contributed by atoms with Gasteiger partial charge in [0.15, 0.2) is 11.5 Å². The normalized spacial score (nSPS) is 19.3. The SMILES string of the molecule is CC(C)(C)[C@H](c1ccc(O)c(O)c1)N1CCNCC1. The fourth-order valence-corrected chi connectivity index (χ4v) is 2.91. The van der Waals surface area contributed by atoms with Crippen LogP contribution in [0.3, 0.4) is 0 Å². The third kappa shape index (κ3) is 3.19. The van der Waals surface area contributed by atoms with Gasteiger partial charge in [0.25, 0.3) is 0 Å². The zero-order valence-electron chi connectivity index (χ0n) is 12.0. The second-order valence-corrected chi connectivity index (χ2v) is 6.30. The van der Waals surface area contributed by atoms with Crippen molar-refractivity contribution in [1.29, 1.82) is 0 Å². The molecule has 4 heteroatoms. The molecule has 19 heavy (non-hydrogen) atoms. The van der Waals surface area contributed by atoms with Crippen LogP contribution in [0.2, 0.25) is 0 Å². The van der Waals surface area contributed by atoms with Crippen molar-refractivity contribution < 1.29 is 10.2 Å². The molecule has 0 bridgehead atoms. The van der Waals surface area contributed by atoms with Crippen molar-refractivity contribution in [3.63, 3.8) is 0 Å². The molecule has 1 saturated heterocycles. The van der Waals surface area contributed by atoms with Crippen LogP contribution in [0.25, 0.3) is 0 Å². The maximum atomic E-state index is 9.73. The van der Waals surface area contributed by atoms with Gasteiger partial charge >= 0.3 is 0 Å². The number of hydrogen-bond acceptors (Lipinski definition) is 4. The molecule has 0 saturated carbocycles. The predicted molar refractivity (Wildman–Crippen MR) is 76.4 cm³/mol. The van der Waals surface area contributed by atoms with Gasteiger partial charge in [-0.2, -0.15) is 0 Å². The fourth-order valence-electron chi connectivity index (χ4n) is 2.91. The number of phenols is 2. The first-order valence-electron chi connectivity index (χ1n) is 6.86. The maximum absolute atomic E-state index is 9.73. The summed E-state index contributed by atoms with van der Waals surface area (Å²) in [5.41, 5.74) is 1.13. The first-order valence-corrected chi connectivity index (χ1v) is 6.86. The fraction of sp³-hybridized carbons (Fsp3) is 0.600. The number of nitrogens with zero attached hydrogens (tertiary/aromatic N) is 1. The summed E-state index contributed by atoms with van der Waals surface area (Å²) >= 11 is 0. The Morgan fingerprint density at radius 2 is 1.74 bits per heavy atom. The van der Waals surface area contributed by atoms with E-state index in [9.17, 15) is 10.2 Å². The van der Waals surface area contributed by atoms with Crippen molar-refractivity contribution in [2.75, 3.05) is 26.2 Å². The lowest BCUT2D eigenvalue weighted by atomic mass is 9.81. The summed E-state index contributed by atoms with van der Waals surface area (Å²) in [6.07, 6.45) is 0. The molecule has 4 nitrogen and oxygen atoms in total. The molecule has 0 unspecified atom stereocenters. The van der Waals surface area contributed by atoms with Gasteiger partial charge in [0.05, 0.1) is 0 Å². The van der Waals surface area contributed by atoms with Crippen LogP contribution in [-0.4, -0.2) is 41.3 Å². The van der Waals surface area contributed by atoms with Gasteiger partial charge in [-0.3, -0.25) is 4.90 Å². The van der Waals surface area contributed by atoms with Crippen LogP contribution in [0, 0.1) is 5.41 Å². The van der Waals surface area contributed by atoms with Gasteiger partial charge in [0, 0.05) is 32.2 Å². The van der Waals surface area contributed by atoms with Gasteiger partial charge in [-0.1, -0.05) is 26.8 Å². The van der Waals surface area contributed by atoms with E-state index in [-0.39, 0.29) is 23.0 Å². The van der Waals surface area contributed by atoms with Crippen molar-refractivity contribution in [3.8, 4) is 11.5 Å². The van der Waals surface area contributed by atoms with E-state index in [1.165, 1.54) is 0 Å². The van der Waals surface area contributed by atoms with Crippen LogP contribution in [0.1, 0.15) is 32.4 Å². The molecule has 0 spiro atoms. The lowest BCUT2D eigenvalue weighted by Gasteiger charge is -2.42. The molecular weight excluding hydrogens is 240 g/mol. The first-order chi connectivity index (χ1) is 8.89. The van der Waals surface area contributed by atoms with Gasteiger partial charge in [-0.25, -0.2) is 0 Å². The number of piperazine rings is 1. The molecule has 1 aromatic rings. The minimum Gasteiger partial charge on any atom is -0.504 e. The van der Waals surface area contributed by atoms with Crippen molar-refractivity contribution in [1.82, 2.24) is 10.2 Å². The second-order valence-electron chi connectivity index (χ2n) is 6.30. The first kappa shape index (κ1) is 14.2. The standard InChI is InChI=1S/C15H24N2O2/c1-15(2,3)14(17-8-6-16-7-9-17)11-4-5-12(18)13(19)10-11/h4-5,10,14,16,18-19H,6-9H2,1-3H3/t14-/m0/s1. The summed E-state index contributed by atoms with van der Waals surface area (Å²) in [5, 5.41) is 22.6. The van der Waals surface area contributed by atoms with E-state index < -0.39 is 0 Å². The lowest BCUT2D eigenvalue weighted by Crippen LogP contribution is -2.48. The van der Waals surface area contributed by atoms with Crippen LogP contribution in [0.5, 0.6) is 11.5 Å². The third-order valence-corrected chi connectivity index (χ3v) is 3.65. The van der Waals surface area contributed by atoms with Crippen LogP contribution >= 0.6 is 0 Å². The van der Waals surface area contributed by atoms with Gasteiger partial charge < -0.3 is 15.5 Å². The van der Waals surface area contributed by atoms with Crippen LogP contribution in [-0.2, 0) is 0 Å². The Morgan fingerprint density at radius 1 is 1.11 bits per heavy atom. The molecule has 0 radical (unpaired) electrons. The number of nitrogens with one attached hydrogen (secondary N) is 1. The van der Waals surface area contributed by atoms with Crippen LogP contribution < -0.4 is 5.32 Å². The van der Waals surface area contributed by atoms with Crippen molar-refractivity contribution in [2.24, 2.45) is 5.41 Å². The molecule has 0 amide bonds. The monoisotopic (exact) mass is 264 g/mol. The predicted octanol–water partition coefficient (Wildman–Crippen LogP) is 2.09. The average molecular weight is 264 g/mol. The number of rotatable bonds is 2. The molecule has 0 aromatic heterocycles. The largest absolute Gasteiger partial charge is 0.504 e. The van der Waals surface area contributed by atoms with E-state index in [1.807, 2.05) is 6.07 Å². The van der Waals surface area contributed by atoms with E-state index in [0.717, 1.165) is 31.7 Å². The molecule has 1 fully saturated rings. The van der Waals surface area contributed by atoms with E-state index in [2.05, 4.69) is 31.0 Å².